The molecule has 0 amide bonds. The van der Waals surface area contributed by atoms with Crippen LogP contribution in [0, 0.1) is 25.7 Å². The third-order valence-electron chi connectivity index (χ3n) is 13.9. The summed E-state index contributed by atoms with van der Waals surface area (Å²) in [5.74, 6) is 2.04. The molecule has 0 saturated heterocycles. The van der Waals surface area contributed by atoms with Crippen molar-refractivity contribution in [3.8, 4) is 39.6 Å². The molecule has 5 nitrogen and oxygen atoms in total. The summed E-state index contributed by atoms with van der Waals surface area (Å²) in [6, 6.07) is 60.0. The Labute approximate surface area is 436 Å². The van der Waals surface area contributed by atoms with Gasteiger partial charge in [0.15, 0.2) is 0 Å². The van der Waals surface area contributed by atoms with Gasteiger partial charge in [0.2, 0.25) is 0 Å². The molecule has 0 saturated carbocycles. The first kappa shape index (κ1) is 49.6. The van der Waals surface area contributed by atoms with Gasteiger partial charge in [-0.05, 0) is 115 Å². The summed E-state index contributed by atoms with van der Waals surface area (Å²) in [4.78, 5) is 9.76. The third-order valence-corrected chi connectivity index (χ3v) is 13.9. The molecule has 364 valence electrons. The van der Waals surface area contributed by atoms with E-state index in [1.807, 2.05) is 24.4 Å². The number of anilines is 4. The van der Waals surface area contributed by atoms with E-state index in [0.717, 1.165) is 67.1 Å². The number of hydrogen-bond donors (Lipinski definition) is 0. The molecule has 6 heteroatoms. The van der Waals surface area contributed by atoms with E-state index in [1.165, 1.54) is 33.4 Å². The van der Waals surface area contributed by atoms with Crippen LogP contribution in [0.1, 0.15) is 111 Å². The van der Waals surface area contributed by atoms with Crippen LogP contribution < -0.4 is 14.5 Å². The summed E-state index contributed by atoms with van der Waals surface area (Å²) in [6.07, 6.45) is 2.03. The topological polar surface area (TPSA) is 33.5 Å². The van der Waals surface area contributed by atoms with Crippen LogP contribution in [0.4, 0.5) is 22.7 Å². The van der Waals surface area contributed by atoms with Gasteiger partial charge >= 0.3 is 0 Å². The van der Waals surface area contributed by atoms with E-state index < -0.39 is 0 Å². The van der Waals surface area contributed by atoms with Crippen molar-refractivity contribution in [1.29, 1.82) is 0 Å². The van der Waals surface area contributed by atoms with Crippen LogP contribution in [0.15, 0.2) is 152 Å². The smallest absolute Gasteiger partial charge is 0.135 e. The van der Waals surface area contributed by atoms with Crippen molar-refractivity contribution in [2.24, 2.45) is 0 Å². The van der Waals surface area contributed by atoms with Gasteiger partial charge < -0.3 is 19.1 Å². The Balaban J connectivity index is 0.00000624. The van der Waals surface area contributed by atoms with Crippen LogP contribution in [0.25, 0.3) is 49.9 Å². The Morgan fingerprint density at radius 3 is 1.80 bits per heavy atom. The molecule has 0 atom stereocenters. The fourth-order valence-corrected chi connectivity index (χ4v) is 9.54. The minimum atomic E-state index is -0.0418. The summed E-state index contributed by atoms with van der Waals surface area (Å²) in [5, 5.41) is 2.23. The molecule has 0 bridgehead atoms. The first-order valence-corrected chi connectivity index (χ1v) is 24.7. The standard InChI is InChI=1S/C65H65N4O.Pt/c1-42-31-61(66-40-56(42)45-21-17-22-46(32-45)62(2,3)4)69-58-37-47(63(5,6)7)26-28-54(58)55-29-27-53(39-59(55)69)70-52-24-18-23-50(38-52)67-41-68(51-35-48(64(8,9)10)34-49(36-51)65(11,12)13)60-33-44(25-30-57(60)67)43-19-15-14-16-20-43;/h14-37,40-41H,1-13H3;/q-3;. The van der Waals surface area contributed by atoms with Crippen LogP contribution in [0.5, 0.6) is 11.5 Å². The predicted octanol–water partition coefficient (Wildman–Crippen LogP) is 17.8. The van der Waals surface area contributed by atoms with Crippen LogP contribution >= 0.6 is 0 Å². The Hall–Kier alpha value is -6.42. The van der Waals surface area contributed by atoms with E-state index in [9.17, 15) is 0 Å². The second-order valence-corrected chi connectivity index (χ2v) is 23.3. The normalized spacial score (nSPS) is 13.2. The molecule has 10 rings (SSSR count). The number of fused-ring (bicyclic) bond motifs is 4. The molecule has 71 heavy (non-hydrogen) atoms. The molecule has 0 aliphatic carbocycles. The second-order valence-electron chi connectivity index (χ2n) is 23.3. The molecule has 3 heterocycles. The van der Waals surface area contributed by atoms with Crippen molar-refractivity contribution in [3.05, 3.63) is 198 Å². The van der Waals surface area contributed by atoms with Gasteiger partial charge in [0.05, 0.1) is 0 Å². The zero-order valence-corrected chi connectivity index (χ0v) is 45.8. The number of hydrogen-bond acceptors (Lipinski definition) is 4. The summed E-state index contributed by atoms with van der Waals surface area (Å²) >= 11 is 0. The molecule has 7 aromatic carbocycles. The third kappa shape index (κ3) is 9.71. The predicted molar refractivity (Wildman–Crippen MR) is 295 cm³/mol. The summed E-state index contributed by atoms with van der Waals surface area (Å²) in [7, 11) is 0. The van der Waals surface area contributed by atoms with E-state index in [0.29, 0.717) is 11.5 Å². The maximum atomic E-state index is 6.77. The number of ether oxygens (including phenoxy) is 1. The number of pyridine rings is 1. The molecule has 0 spiro atoms. The number of nitrogens with zero attached hydrogens (tertiary/aromatic N) is 4. The number of rotatable bonds is 7. The Morgan fingerprint density at radius 1 is 0.493 bits per heavy atom. The van der Waals surface area contributed by atoms with Crippen LogP contribution in [0.2, 0.25) is 0 Å². The van der Waals surface area contributed by atoms with Crippen molar-refractivity contribution < 1.29 is 25.8 Å². The Morgan fingerprint density at radius 2 is 1.13 bits per heavy atom. The van der Waals surface area contributed by atoms with Crippen molar-refractivity contribution in [1.82, 2.24) is 9.55 Å². The van der Waals surface area contributed by atoms with Gasteiger partial charge in [-0.15, -0.1) is 48.1 Å². The van der Waals surface area contributed by atoms with Crippen LogP contribution in [-0.4, -0.2) is 9.55 Å². The molecule has 0 radical (unpaired) electrons. The van der Waals surface area contributed by atoms with E-state index in [-0.39, 0.29) is 42.7 Å². The minimum Gasteiger partial charge on any atom is -0.509 e. The first-order valence-electron chi connectivity index (χ1n) is 24.7. The van der Waals surface area contributed by atoms with E-state index in [1.54, 1.807) is 0 Å². The molecule has 9 aromatic rings. The SMILES string of the molecule is Cc1cc(-n2c3[c-]c(Oc4[c-]c(N5[CH-]N(c6cc(C(C)(C)C)cc(C(C)(C)C)c6)c6cc(-c7ccccc7)ccc65)ccc4)ccc3c3ccc(C(C)(C)C)cc32)ncc1-c1cccc(C(C)(C)C)c1.[Pt]. The first-order chi connectivity index (χ1) is 33.1. The fourth-order valence-electron chi connectivity index (χ4n) is 9.54. The van der Waals surface area contributed by atoms with Gasteiger partial charge in [0, 0.05) is 66.9 Å². The van der Waals surface area contributed by atoms with E-state index in [4.69, 9.17) is 9.72 Å². The van der Waals surface area contributed by atoms with Crippen molar-refractivity contribution in [2.45, 2.75) is 112 Å². The van der Waals surface area contributed by atoms with Crippen molar-refractivity contribution >= 4 is 44.6 Å². The number of aryl methyl sites for hydroxylation is 1. The molecule has 0 unspecified atom stereocenters. The average Bonchev–Trinajstić information content (AvgIpc) is 3.86. The summed E-state index contributed by atoms with van der Waals surface area (Å²) in [5.41, 5.74) is 17.0. The molecule has 2 aromatic heterocycles. The Kier molecular flexibility index (Phi) is 12.8. The number of benzene rings is 7. The largest absolute Gasteiger partial charge is 0.509 e. The molecule has 1 aliphatic heterocycles. The van der Waals surface area contributed by atoms with Crippen molar-refractivity contribution in [3.63, 3.8) is 0 Å². The average molecular weight is 1110 g/mol. The van der Waals surface area contributed by atoms with Gasteiger partial charge in [-0.2, -0.15) is 12.1 Å². The Bertz CT molecular complexity index is 3420. The zero-order chi connectivity index (χ0) is 49.5. The summed E-state index contributed by atoms with van der Waals surface area (Å²) < 4.78 is 9.03. The number of aromatic nitrogens is 2. The van der Waals surface area contributed by atoms with E-state index >= 15 is 0 Å². The molecular formula is C65H65N4OPt-3. The fraction of sp³-hybridized carbons (Fsp3) is 0.262. The van der Waals surface area contributed by atoms with Gasteiger partial charge in [0.25, 0.3) is 0 Å². The maximum Gasteiger partial charge on any atom is 0.135 e. The minimum absolute atomic E-state index is 0. The maximum absolute atomic E-state index is 6.77. The van der Waals surface area contributed by atoms with Gasteiger partial charge in [-0.1, -0.05) is 167 Å². The van der Waals surface area contributed by atoms with E-state index in [2.05, 4.69) is 251 Å². The van der Waals surface area contributed by atoms with Crippen molar-refractivity contribution in [2.75, 3.05) is 9.80 Å². The zero-order valence-electron chi connectivity index (χ0n) is 43.5. The quantitative estimate of drug-likeness (QED) is 0.149. The molecular weight excluding hydrogens is 1050 g/mol. The van der Waals surface area contributed by atoms with Gasteiger partial charge in [-0.3, -0.25) is 0 Å². The summed E-state index contributed by atoms with van der Waals surface area (Å²) in [6.45, 7) is 31.7. The monoisotopic (exact) mass is 1110 g/mol. The van der Waals surface area contributed by atoms with Gasteiger partial charge in [-0.25, -0.2) is 4.98 Å². The molecule has 0 fully saturated rings. The molecule has 0 N–H and O–H groups in total. The van der Waals surface area contributed by atoms with Gasteiger partial charge in [0.1, 0.15) is 5.82 Å². The second kappa shape index (κ2) is 18.3. The molecule has 1 aliphatic rings. The van der Waals surface area contributed by atoms with Crippen LogP contribution in [-0.2, 0) is 42.7 Å². The van der Waals surface area contributed by atoms with Crippen LogP contribution in [0.3, 0.4) is 0 Å².